The molecule has 3 nitrogen and oxygen atoms in total. The highest BCUT2D eigenvalue weighted by molar-refractivity contribution is 5.50. The van der Waals surface area contributed by atoms with Crippen molar-refractivity contribution in [2.24, 2.45) is 0 Å². The van der Waals surface area contributed by atoms with Crippen LogP contribution in [-0.4, -0.2) is 10.2 Å². The van der Waals surface area contributed by atoms with Crippen LogP contribution in [0.25, 0.3) is 0 Å². The summed E-state index contributed by atoms with van der Waals surface area (Å²) in [7, 11) is 0. The molecule has 0 amide bonds. The monoisotopic (exact) mass is 241 g/mol. The van der Waals surface area contributed by atoms with Gasteiger partial charge in [-0.05, 0) is 29.8 Å². The Morgan fingerprint density at radius 2 is 2.00 bits per heavy atom. The van der Waals surface area contributed by atoms with Gasteiger partial charge >= 0.3 is 6.18 Å². The van der Waals surface area contributed by atoms with E-state index < -0.39 is 11.7 Å². The summed E-state index contributed by atoms with van der Waals surface area (Å²) in [5, 5.41) is 6.42. The van der Waals surface area contributed by atoms with Crippen molar-refractivity contribution in [1.29, 1.82) is 0 Å². The third-order valence-corrected chi connectivity index (χ3v) is 2.41. The number of nitrogens with one attached hydrogen (secondary N) is 1. The quantitative estimate of drug-likeness (QED) is 0.794. The first-order chi connectivity index (χ1) is 7.97. The maximum absolute atomic E-state index is 12.5. The average Bonchev–Trinajstić information content (AvgIpc) is 2.72. The number of nitrogen functional groups attached to an aromatic ring is 1. The number of benzene rings is 1. The van der Waals surface area contributed by atoms with E-state index in [1.807, 2.05) is 0 Å². The van der Waals surface area contributed by atoms with Crippen molar-refractivity contribution in [3.05, 3.63) is 47.3 Å². The summed E-state index contributed by atoms with van der Waals surface area (Å²) in [5.74, 6) is 0. The Bertz CT molecular complexity index is 503. The first kappa shape index (κ1) is 11.5. The Morgan fingerprint density at radius 3 is 2.59 bits per heavy atom. The Morgan fingerprint density at radius 1 is 1.24 bits per heavy atom. The largest absolute Gasteiger partial charge is 0.416 e. The second-order valence-electron chi connectivity index (χ2n) is 3.67. The minimum atomic E-state index is -4.35. The van der Waals surface area contributed by atoms with E-state index in [4.69, 9.17) is 5.73 Å². The lowest BCUT2D eigenvalue weighted by Gasteiger charge is -2.10. The highest BCUT2D eigenvalue weighted by atomic mass is 19.4. The smallest absolute Gasteiger partial charge is 0.398 e. The second kappa shape index (κ2) is 4.12. The van der Waals surface area contributed by atoms with Gasteiger partial charge in [0.1, 0.15) is 0 Å². The molecule has 1 aromatic heterocycles. The van der Waals surface area contributed by atoms with E-state index in [9.17, 15) is 13.2 Å². The number of aromatic nitrogens is 2. The van der Waals surface area contributed by atoms with Crippen LogP contribution in [0.3, 0.4) is 0 Å². The number of alkyl halides is 3. The van der Waals surface area contributed by atoms with Crippen molar-refractivity contribution < 1.29 is 13.2 Å². The van der Waals surface area contributed by atoms with Crippen LogP contribution in [0.4, 0.5) is 18.9 Å². The molecule has 1 aromatic carbocycles. The van der Waals surface area contributed by atoms with Crippen molar-refractivity contribution in [2.75, 3.05) is 5.73 Å². The molecule has 3 N–H and O–H groups in total. The number of nitrogens with two attached hydrogens (primary N) is 1. The predicted molar refractivity (Wildman–Crippen MR) is 57.3 cm³/mol. The SMILES string of the molecule is Nc1ccc(C(F)(F)F)cc1Cc1ccn[nH]1. The van der Waals surface area contributed by atoms with Gasteiger partial charge in [-0.3, -0.25) is 5.10 Å². The lowest BCUT2D eigenvalue weighted by molar-refractivity contribution is -0.137. The Hall–Kier alpha value is -1.98. The van der Waals surface area contributed by atoms with E-state index in [0.717, 1.165) is 17.8 Å². The van der Waals surface area contributed by atoms with Crippen LogP contribution >= 0.6 is 0 Å². The summed E-state index contributed by atoms with van der Waals surface area (Å²) in [4.78, 5) is 0. The number of hydrogen-bond acceptors (Lipinski definition) is 2. The molecule has 0 radical (unpaired) electrons. The predicted octanol–water partition coefficient (Wildman–Crippen LogP) is 2.60. The van der Waals surface area contributed by atoms with Gasteiger partial charge in [0.2, 0.25) is 0 Å². The Labute approximate surface area is 95.5 Å². The molecule has 0 fully saturated rings. The maximum atomic E-state index is 12.5. The van der Waals surface area contributed by atoms with Crippen LogP contribution in [0.2, 0.25) is 0 Å². The molecule has 0 aliphatic carbocycles. The standard InChI is InChI=1S/C11H10F3N3/c12-11(13,14)8-1-2-10(15)7(5-8)6-9-3-4-16-17-9/h1-5H,6,15H2,(H,16,17). The Balaban J connectivity index is 2.33. The molecule has 0 aliphatic rings. The number of nitrogens with zero attached hydrogens (tertiary/aromatic N) is 1. The van der Waals surface area contributed by atoms with E-state index in [-0.39, 0.29) is 0 Å². The van der Waals surface area contributed by atoms with E-state index in [2.05, 4.69) is 10.2 Å². The van der Waals surface area contributed by atoms with E-state index in [1.165, 1.54) is 6.07 Å². The summed E-state index contributed by atoms with van der Waals surface area (Å²) in [6.07, 6.45) is -2.51. The molecule has 0 atom stereocenters. The molecule has 6 heteroatoms. The van der Waals surface area contributed by atoms with E-state index >= 15 is 0 Å². The van der Waals surface area contributed by atoms with Crippen molar-refractivity contribution in [3.63, 3.8) is 0 Å². The molecule has 1 heterocycles. The molecule has 0 unspecified atom stereocenters. The zero-order valence-corrected chi connectivity index (χ0v) is 8.75. The maximum Gasteiger partial charge on any atom is 0.416 e. The number of rotatable bonds is 2. The van der Waals surface area contributed by atoms with E-state index in [1.54, 1.807) is 12.3 Å². The zero-order valence-electron chi connectivity index (χ0n) is 8.75. The molecule has 0 spiro atoms. The summed E-state index contributed by atoms with van der Waals surface area (Å²) < 4.78 is 37.6. The summed E-state index contributed by atoms with van der Waals surface area (Å²) in [5.41, 5.74) is 6.45. The molecule has 90 valence electrons. The van der Waals surface area contributed by atoms with Crippen molar-refractivity contribution in [1.82, 2.24) is 10.2 Å². The highest BCUT2D eigenvalue weighted by Crippen LogP contribution is 2.31. The summed E-state index contributed by atoms with van der Waals surface area (Å²) in [6.45, 7) is 0. The third-order valence-electron chi connectivity index (χ3n) is 2.41. The molecular formula is C11H10F3N3. The normalized spacial score (nSPS) is 11.7. The van der Waals surface area contributed by atoms with Gasteiger partial charge < -0.3 is 5.73 Å². The number of aromatic amines is 1. The fraction of sp³-hybridized carbons (Fsp3) is 0.182. The van der Waals surface area contributed by atoms with Crippen LogP contribution in [-0.2, 0) is 12.6 Å². The number of halogens is 3. The first-order valence-corrected chi connectivity index (χ1v) is 4.90. The van der Waals surface area contributed by atoms with Gasteiger partial charge in [0.05, 0.1) is 5.56 Å². The lowest BCUT2D eigenvalue weighted by atomic mass is 10.0. The van der Waals surface area contributed by atoms with Crippen molar-refractivity contribution >= 4 is 5.69 Å². The van der Waals surface area contributed by atoms with Crippen molar-refractivity contribution in [2.45, 2.75) is 12.6 Å². The van der Waals surface area contributed by atoms with Gasteiger partial charge in [-0.15, -0.1) is 0 Å². The molecule has 0 aliphatic heterocycles. The van der Waals surface area contributed by atoms with Gasteiger partial charge in [0.25, 0.3) is 0 Å². The van der Waals surface area contributed by atoms with Crippen LogP contribution in [0.5, 0.6) is 0 Å². The topological polar surface area (TPSA) is 54.7 Å². The van der Waals surface area contributed by atoms with Crippen LogP contribution in [0.1, 0.15) is 16.8 Å². The second-order valence-corrected chi connectivity index (χ2v) is 3.67. The van der Waals surface area contributed by atoms with Crippen LogP contribution < -0.4 is 5.73 Å². The average molecular weight is 241 g/mol. The van der Waals surface area contributed by atoms with Gasteiger partial charge in [-0.1, -0.05) is 0 Å². The Kier molecular flexibility index (Phi) is 2.79. The number of anilines is 1. The zero-order chi connectivity index (χ0) is 12.5. The minimum absolute atomic E-state index is 0.301. The van der Waals surface area contributed by atoms with Gasteiger partial charge in [-0.2, -0.15) is 18.3 Å². The van der Waals surface area contributed by atoms with Crippen LogP contribution in [0.15, 0.2) is 30.5 Å². The fourth-order valence-corrected chi connectivity index (χ4v) is 1.52. The molecular weight excluding hydrogens is 231 g/mol. The molecule has 0 saturated carbocycles. The summed E-state index contributed by atoms with van der Waals surface area (Å²) in [6, 6.07) is 5.01. The number of hydrogen-bond donors (Lipinski definition) is 2. The molecule has 0 saturated heterocycles. The van der Waals surface area contributed by atoms with Crippen LogP contribution in [0, 0.1) is 0 Å². The van der Waals surface area contributed by atoms with Gasteiger partial charge in [-0.25, -0.2) is 0 Å². The summed E-state index contributed by atoms with van der Waals surface area (Å²) >= 11 is 0. The minimum Gasteiger partial charge on any atom is -0.398 e. The van der Waals surface area contributed by atoms with Gasteiger partial charge in [0.15, 0.2) is 0 Å². The number of H-pyrrole nitrogens is 1. The van der Waals surface area contributed by atoms with E-state index in [0.29, 0.717) is 17.7 Å². The highest BCUT2D eigenvalue weighted by Gasteiger charge is 2.30. The molecule has 0 bridgehead atoms. The van der Waals surface area contributed by atoms with Crippen molar-refractivity contribution in [3.8, 4) is 0 Å². The first-order valence-electron chi connectivity index (χ1n) is 4.90. The molecule has 2 aromatic rings. The fourth-order valence-electron chi connectivity index (χ4n) is 1.52. The third kappa shape index (κ3) is 2.58. The molecule has 2 rings (SSSR count). The lowest BCUT2D eigenvalue weighted by Crippen LogP contribution is -2.07. The van der Waals surface area contributed by atoms with Gasteiger partial charge in [0, 0.05) is 24.0 Å². The molecule has 17 heavy (non-hydrogen) atoms.